The number of hydrogen-bond donors (Lipinski definition) is 1. The number of halogens is 2. The van der Waals surface area contributed by atoms with Gasteiger partial charge in [0.2, 0.25) is 0 Å². The molecule has 0 radical (unpaired) electrons. The van der Waals surface area contributed by atoms with Crippen molar-refractivity contribution < 1.29 is 0 Å². The lowest BCUT2D eigenvalue weighted by molar-refractivity contribution is 0.542. The van der Waals surface area contributed by atoms with Gasteiger partial charge in [-0.25, -0.2) is 0 Å². The normalized spacial score (nSPS) is 14.0. The zero-order valence-electron chi connectivity index (χ0n) is 11.5. The van der Waals surface area contributed by atoms with E-state index in [1.54, 1.807) is 0 Å². The predicted octanol–water partition coefficient (Wildman–Crippen LogP) is 5.23. The number of nitrogens with two attached hydrogens (primary N) is 1. The summed E-state index contributed by atoms with van der Waals surface area (Å²) >= 11 is 12.7. The fraction of sp³-hybridized carbons (Fsp3) is 0.294. The first kappa shape index (κ1) is 15.4. The SMILES string of the molecule is CC(c1c(Cl)cccc1Cl)C(CCN)c1ccccc1. The van der Waals surface area contributed by atoms with Gasteiger partial charge >= 0.3 is 0 Å². The summed E-state index contributed by atoms with van der Waals surface area (Å²) < 4.78 is 0. The van der Waals surface area contributed by atoms with Crippen molar-refractivity contribution in [2.24, 2.45) is 5.73 Å². The molecule has 0 aliphatic heterocycles. The Morgan fingerprint density at radius 1 is 0.950 bits per heavy atom. The largest absolute Gasteiger partial charge is 0.330 e. The van der Waals surface area contributed by atoms with Crippen LogP contribution in [0.4, 0.5) is 0 Å². The molecule has 0 fully saturated rings. The molecule has 0 amide bonds. The highest BCUT2D eigenvalue weighted by Gasteiger charge is 2.23. The van der Waals surface area contributed by atoms with E-state index in [0.29, 0.717) is 12.5 Å². The smallest absolute Gasteiger partial charge is 0.0455 e. The molecule has 0 saturated heterocycles. The van der Waals surface area contributed by atoms with Gasteiger partial charge < -0.3 is 5.73 Å². The molecule has 2 atom stereocenters. The van der Waals surface area contributed by atoms with Crippen LogP contribution in [0.15, 0.2) is 48.5 Å². The van der Waals surface area contributed by atoms with Gasteiger partial charge in [0.1, 0.15) is 0 Å². The van der Waals surface area contributed by atoms with E-state index in [1.807, 2.05) is 24.3 Å². The van der Waals surface area contributed by atoms with Gasteiger partial charge in [0.25, 0.3) is 0 Å². The molecule has 0 aliphatic carbocycles. The second-order valence-corrected chi connectivity index (χ2v) is 5.83. The van der Waals surface area contributed by atoms with Gasteiger partial charge in [-0.3, -0.25) is 0 Å². The van der Waals surface area contributed by atoms with E-state index >= 15 is 0 Å². The van der Waals surface area contributed by atoms with Crippen LogP contribution in [0.3, 0.4) is 0 Å². The standard InChI is InChI=1S/C17H19Cl2N/c1-12(17-15(18)8-5-9-16(17)19)14(10-11-20)13-6-3-2-4-7-13/h2-9,12,14H,10-11,20H2,1H3. The van der Waals surface area contributed by atoms with Gasteiger partial charge in [-0.1, -0.05) is 66.5 Å². The predicted molar refractivity (Wildman–Crippen MR) is 87.7 cm³/mol. The number of benzene rings is 2. The van der Waals surface area contributed by atoms with Crippen molar-refractivity contribution in [1.29, 1.82) is 0 Å². The third kappa shape index (κ3) is 3.35. The minimum atomic E-state index is 0.224. The molecular weight excluding hydrogens is 289 g/mol. The molecule has 1 nitrogen and oxygen atoms in total. The van der Waals surface area contributed by atoms with E-state index in [4.69, 9.17) is 28.9 Å². The monoisotopic (exact) mass is 307 g/mol. The Hall–Kier alpha value is -1.02. The van der Waals surface area contributed by atoms with Gasteiger partial charge in [0.15, 0.2) is 0 Å². The summed E-state index contributed by atoms with van der Waals surface area (Å²) in [4.78, 5) is 0. The van der Waals surface area contributed by atoms with Crippen molar-refractivity contribution in [1.82, 2.24) is 0 Å². The molecule has 0 heterocycles. The van der Waals surface area contributed by atoms with Gasteiger partial charge in [-0.05, 0) is 48.1 Å². The van der Waals surface area contributed by atoms with E-state index in [0.717, 1.165) is 22.0 Å². The molecule has 3 heteroatoms. The molecule has 2 aromatic carbocycles. The summed E-state index contributed by atoms with van der Waals surface area (Å²) in [5, 5.41) is 1.45. The summed E-state index contributed by atoms with van der Waals surface area (Å²) in [6, 6.07) is 16.1. The lowest BCUT2D eigenvalue weighted by Gasteiger charge is -2.26. The van der Waals surface area contributed by atoms with Crippen LogP contribution in [0.25, 0.3) is 0 Å². The second-order valence-electron chi connectivity index (χ2n) is 5.02. The lowest BCUT2D eigenvalue weighted by atomic mass is 9.80. The van der Waals surface area contributed by atoms with Crippen LogP contribution in [0.5, 0.6) is 0 Å². The summed E-state index contributed by atoms with van der Waals surface area (Å²) in [6.07, 6.45) is 0.909. The highest BCUT2D eigenvalue weighted by atomic mass is 35.5. The topological polar surface area (TPSA) is 26.0 Å². The fourth-order valence-electron chi connectivity index (χ4n) is 2.73. The van der Waals surface area contributed by atoms with Crippen molar-refractivity contribution in [2.45, 2.75) is 25.2 Å². The number of hydrogen-bond acceptors (Lipinski definition) is 1. The van der Waals surface area contributed by atoms with Gasteiger partial charge in [-0.15, -0.1) is 0 Å². The van der Waals surface area contributed by atoms with Crippen LogP contribution < -0.4 is 5.73 Å². The van der Waals surface area contributed by atoms with Crippen LogP contribution in [-0.4, -0.2) is 6.54 Å². The molecule has 0 aromatic heterocycles. The second kappa shape index (κ2) is 7.12. The van der Waals surface area contributed by atoms with Crippen LogP contribution in [0.2, 0.25) is 10.0 Å². The first-order valence-corrected chi connectivity index (χ1v) is 7.59. The maximum atomic E-state index is 6.34. The van der Waals surface area contributed by atoms with Crippen LogP contribution >= 0.6 is 23.2 Å². The van der Waals surface area contributed by atoms with E-state index in [9.17, 15) is 0 Å². The third-order valence-electron chi connectivity index (χ3n) is 3.76. The Morgan fingerprint density at radius 2 is 1.55 bits per heavy atom. The molecule has 106 valence electrons. The Labute approximate surface area is 130 Å². The molecule has 2 aromatic rings. The average molecular weight is 308 g/mol. The molecule has 2 rings (SSSR count). The minimum Gasteiger partial charge on any atom is -0.330 e. The van der Waals surface area contributed by atoms with Crippen molar-refractivity contribution in [3.05, 3.63) is 69.7 Å². The summed E-state index contributed by atoms with van der Waals surface area (Å²) in [6.45, 7) is 2.81. The van der Waals surface area contributed by atoms with Crippen LogP contribution in [-0.2, 0) is 0 Å². The maximum Gasteiger partial charge on any atom is 0.0455 e. The Bertz CT molecular complexity index is 534. The maximum absolute atomic E-state index is 6.34. The first-order valence-electron chi connectivity index (χ1n) is 6.84. The van der Waals surface area contributed by atoms with Crippen molar-refractivity contribution in [2.75, 3.05) is 6.54 Å². The summed E-state index contributed by atoms with van der Waals surface area (Å²) in [5.74, 6) is 0.542. The Balaban J connectivity index is 2.39. The zero-order chi connectivity index (χ0) is 14.5. The molecule has 0 saturated carbocycles. The minimum absolute atomic E-state index is 0.224. The van der Waals surface area contributed by atoms with Crippen molar-refractivity contribution in [3.8, 4) is 0 Å². The van der Waals surface area contributed by atoms with E-state index in [1.165, 1.54) is 5.56 Å². The highest BCUT2D eigenvalue weighted by molar-refractivity contribution is 6.36. The first-order chi connectivity index (χ1) is 9.65. The van der Waals surface area contributed by atoms with Gasteiger partial charge in [-0.2, -0.15) is 0 Å². The third-order valence-corrected chi connectivity index (χ3v) is 4.42. The molecular formula is C17H19Cl2N. The highest BCUT2D eigenvalue weighted by Crippen LogP contribution is 2.41. The fourth-order valence-corrected chi connectivity index (χ4v) is 3.47. The zero-order valence-corrected chi connectivity index (χ0v) is 13.0. The van der Waals surface area contributed by atoms with Gasteiger partial charge in [0, 0.05) is 10.0 Å². The quantitative estimate of drug-likeness (QED) is 0.804. The Kier molecular flexibility index (Phi) is 5.47. The lowest BCUT2D eigenvalue weighted by Crippen LogP contribution is -2.14. The molecule has 2 N–H and O–H groups in total. The molecule has 2 unspecified atom stereocenters. The van der Waals surface area contributed by atoms with Crippen LogP contribution in [0.1, 0.15) is 36.3 Å². The average Bonchev–Trinajstić information content (AvgIpc) is 2.45. The molecule has 0 spiro atoms. The van der Waals surface area contributed by atoms with E-state index in [-0.39, 0.29) is 5.92 Å². The van der Waals surface area contributed by atoms with Crippen LogP contribution in [0, 0.1) is 0 Å². The Morgan fingerprint density at radius 3 is 2.10 bits per heavy atom. The van der Waals surface area contributed by atoms with E-state index < -0.39 is 0 Å². The molecule has 0 aliphatic rings. The number of rotatable bonds is 5. The van der Waals surface area contributed by atoms with Crippen molar-refractivity contribution in [3.63, 3.8) is 0 Å². The van der Waals surface area contributed by atoms with E-state index in [2.05, 4.69) is 31.2 Å². The summed E-state index contributed by atoms with van der Waals surface area (Å²) in [7, 11) is 0. The molecule has 0 bridgehead atoms. The summed E-state index contributed by atoms with van der Waals surface area (Å²) in [5.41, 5.74) is 8.08. The molecule has 20 heavy (non-hydrogen) atoms. The van der Waals surface area contributed by atoms with Crippen molar-refractivity contribution >= 4 is 23.2 Å². The van der Waals surface area contributed by atoms with Gasteiger partial charge in [0.05, 0.1) is 0 Å².